The van der Waals surface area contributed by atoms with Gasteiger partial charge in [-0.2, -0.15) is 5.10 Å². The first kappa shape index (κ1) is 27.3. The average Bonchev–Trinajstić information content (AvgIpc) is 2.91. The Morgan fingerprint density at radius 2 is 1.51 bits per heavy atom. The molecule has 0 heterocycles. The highest BCUT2D eigenvalue weighted by Gasteiger charge is 2.28. The number of hydrazone groups is 1. The molecule has 0 saturated heterocycles. The van der Waals surface area contributed by atoms with E-state index in [1.807, 2.05) is 6.92 Å². The monoisotopic (exact) mass is 527 g/mol. The van der Waals surface area contributed by atoms with Gasteiger partial charge in [0.05, 0.1) is 45.2 Å². The number of anilines is 1. The fraction of sp³-hybridized carbons (Fsp3) is 0.231. The summed E-state index contributed by atoms with van der Waals surface area (Å²) in [5.41, 5.74) is 4.20. The zero-order valence-corrected chi connectivity index (χ0v) is 22.0. The summed E-state index contributed by atoms with van der Waals surface area (Å²) in [4.78, 5) is 12.8. The van der Waals surface area contributed by atoms with Gasteiger partial charge in [-0.05, 0) is 49.4 Å². The number of hydrogen-bond donors (Lipinski definition) is 1. The molecule has 196 valence electrons. The lowest BCUT2D eigenvalue weighted by Gasteiger charge is -2.24. The highest BCUT2D eigenvalue weighted by Crippen LogP contribution is 2.32. The van der Waals surface area contributed by atoms with Gasteiger partial charge in [0.25, 0.3) is 15.9 Å². The van der Waals surface area contributed by atoms with E-state index in [0.717, 1.165) is 9.87 Å². The van der Waals surface area contributed by atoms with Gasteiger partial charge in [0, 0.05) is 11.6 Å². The van der Waals surface area contributed by atoms with Crippen LogP contribution in [0.4, 0.5) is 5.69 Å². The molecule has 0 aliphatic rings. The molecule has 11 heteroatoms. The maximum absolute atomic E-state index is 13.7. The van der Waals surface area contributed by atoms with Gasteiger partial charge in [-0.1, -0.05) is 17.7 Å². The minimum atomic E-state index is -4.17. The first-order valence-corrected chi connectivity index (χ1v) is 12.5. The van der Waals surface area contributed by atoms with E-state index in [9.17, 15) is 13.2 Å². The molecule has 0 fully saturated rings. The summed E-state index contributed by atoms with van der Waals surface area (Å²) in [5.74, 6) is 1.08. The summed E-state index contributed by atoms with van der Waals surface area (Å²) in [6, 6.07) is 16.1. The Morgan fingerprint density at radius 1 is 0.865 bits per heavy atom. The van der Waals surface area contributed by atoms with Crippen molar-refractivity contribution in [3.8, 4) is 23.0 Å². The molecule has 0 aliphatic carbocycles. The van der Waals surface area contributed by atoms with Crippen molar-refractivity contribution < 1.29 is 32.2 Å². The van der Waals surface area contributed by atoms with E-state index in [0.29, 0.717) is 28.5 Å². The number of sulfonamides is 1. The van der Waals surface area contributed by atoms with Crippen LogP contribution >= 0.6 is 0 Å². The third-order valence-electron chi connectivity index (χ3n) is 5.38. The number of carbonyl (C=O) groups is 1. The van der Waals surface area contributed by atoms with E-state index < -0.39 is 22.5 Å². The maximum Gasteiger partial charge on any atom is 0.264 e. The number of amides is 1. The highest BCUT2D eigenvalue weighted by atomic mass is 32.2. The summed E-state index contributed by atoms with van der Waals surface area (Å²) in [6.07, 6.45) is 1.39. The van der Waals surface area contributed by atoms with Crippen LogP contribution in [-0.4, -0.2) is 55.5 Å². The van der Waals surface area contributed by atoms with Crippen LogP contribution in [0.15, 0.2) is 70.7 Å². The van der Waals surface area contributed by atoms with Gasteiger partial charge in [-0.15, -0.1) is 0 Å². The van der Waals surface area contributed by atoms with Crippen LogP contribution < -0.4 is 28.7 Å². The molecule has 3 aromatic rings. The quantitative estimate of drug-likeness (QED) is 0.300. The molecule has 0 bridgehead atoms. The van der Waals surface area contributed by atoms with Crippen LogP contribution in [0.5, 0.6) is 23.0 Å². The summed E-state index contributed by atoms with van der Waals surface area (Å²) < 4.78 is 49.3. The molecular weight excluding hydrogens is 498 g/mol. The van der Waals surface area contributed by atoms with E-state index in [4.69, 9.17) is 18.9 Å². The standard InChI is InChI=1S/C26H29N3O7S/c1-18-6-8-20(9-7-18)29(37(31,32)22-11-13-24(35-4)25(15-22)36-5)17-26(30)28-27-16-19-14-21(33-2)10-12-23(19)34-3/h6-16H,17H2,1-5H3,(H,28,30)/b27-16-. The summed E-state index contributed by atoms with van der Waals surface area (Å²) in [5, 5.41) is 3.97. The predicted octanol–water partition coefficient (Wildman–Crippen LogP) is 3.38. The molecule has 1 amide bonds. The Bertz CT molecular complexity index is 1370. The van der Waals surface area contributed by atoms with Crippen molar-refractivity contribution in [2.75, 3.05) is 39.3 Å². The van der Waals surface area contributed by atoms with E-state index in [1.165, 1.54) is 52.9 Å². The number of carbonyl (C=O) groups excluding carboxylic acids is 1. The SMILES string of the molecule is COc1ccc(OC)c(/C=N\NC(=O)CN(c2ccc(C)cc2)S(=O)(=O)c2ccc(OC)c(OC)c2)c1. The van der Waals surface area contributed by atoms with Gasteiger partial charge >= 0.3 is 0 Å². The molecule has 3 aromatic carbocycles. The Labute approximate surface area is 216 Å². The van der Waals surface area contributed by atoms with Crippen LogP contribution in [0.2, 0.25) is 0 Å². The smallest absolute Gasteiger partial charge is 0.264 e. The summed E-state index contributed by atoms with van der Waals surface area (Å²) in [6.45, 7) is 1.36. The lowest BCUT2D eigenvalue weighted by atomic mass is 10.2. The van der Waals surface area contributed by atoms with Crippen molar-refractivity contribution in [1.82, 2.24) is 5.43 Å². The molecule has 1 N–H and O–H groups in total. The lowest BCUT2D eigenvalue weighted by Crippen LogP contribution is -2.39. The molecule has 0 radical (unpaired) electrons. The van der Waals surface area contributed by atoms with Crippen LogP contribution in [-0.2, 0) is 14.8 Å². The van der Waals surface area contributed by atoms with E-state index in [2.05, 4.69) is 10.5 Å². The van der Waals surface area contributed by atoms with Gasteiger partial charge in [0.2, 0.25) is 0 Å². The van der Waals surface area contributed by atoms with Crippen molar-refractivity contribution in [2.45, 2.75) is 11.8 Å². The number of aryl methyl sites for hydroxylation is 1. The lowest BCUT2D eigenvalue weighted by molar-refractivity contribution is -0.119. The number of nitrogens with one attached hydrogen (secondary N) is 1. The molecular formula is C26H29N3O7S. The molecule has 10 nitrogen and oxygen atoms in total. The largest absolute Gasteiger partial charge is 0.497 e. The van der Waals surface area contributed by atoms with Crippen molar-refractivity contribution in [1.29, 1.82) is 0 Å². The van der Waals surface area contributed by atoms with Gasteiger partial charge in [0.15, 0.2) is 11.5 Å². The molecule has 3 rings (SSSR count). The van der Waals surface area contributed by atoms with Crippen LogP contribution in [0, 0.1) is 6.92 Å². The second-order valence-electron chi connectivity index (χ2n) is 7.77. The highest BCUT2D eigenvalue weighted by molar-refractivity contribution is 7.92. The van der Waals surface area contributed by atoms with Crippen molar-refractivity contribution in [3.05, 3.63) is 71.8 Å². The van der Waals surface area contributed by atoms with Gasteiger partial charge in [-0.3, -0.25) is 9.10 Å². The molecule has 0 aliphatic heterocycles. The number of hydrogen-bond acceptors (Lipinski definition) is 8. The predicted molar refractivity (Wildman–Crippen MR) is 141 cm³/mol. The van der Waals surface area contributed by atoms with Gasteiger partial charge in [0.1, 0.15) is 18.0 Å². The molecule has 0 spiro atoms. The minimum Gasteiger partial charge on any atom is -0.497 e. The third-order valence-corrected chi connectivity index (χ3v) is 7.15. The van der Waals surface area contributed by atoms with Crippen molar-refractivity contribution >= 4 is 27.8 Å². The molecule has 0 unspecified atom stereocenters. The van der Waals surface area contributed by atoms with E-state index >= 15 is 0 Å². The van der Waals surface area contributed by atoms with Crippen molar-refractivity contribution in [2.24, 2.45) is 5.10 Å². The zero-order valence-electron chi connectivity index (χ0n) is 21.2. The van der Waals surface area contributed by atoms with E-state index in [1.54, 1.807) is 42.5 Å². The molecule has 0 aromatic heterocycles. The zero-order chi connectivity index (χ0) is 27.0. The fourth-order valence-corrected chi connectivity index (χ4v) is 4.85. The topological polar surface area (TPSA) is 116 Å². The Morgan fingerprint density at radius 3 is 2.14 bits per heavy atom. The van der Waals surface area contributed by atoms with Crippen molar-refractivity contribution in [3.63, 3.8) is 0 Å². The number of rotatable bonds is 11. The second-order valence-corrected chi connectivity index (χ2v) is 9.63. The Hall–Kier alpha value is -4.25. The number of methoxy groups -OCH3 is 4. The summed E-state index contributed by atoms with van der Waals surface area (Å²) >= 11 is 0. The maximum atomic E-state index is 13.7. The van der Waals surface area contributed by atoms with Crippen LogP contribution in [0.3, 0.4) is 0 Å². The molecule has 0 saturated carbocycles. The minimum absolute atomic E-state index is 0.0665. The van der Waals surface area contributed by atoms with Crippen LogP contribution in [0.1, 0.15) is 11.1 Å². The fourth-order valence-electron chi connectivity index (χ4n) is 3.41. The summed E-state index contributed by atoms with van der Waals surface area (Å²) in [7, 11) is 1.74. The first-order valence-electron chi connectivity index (χ1n) is 11.1. The average molecular weight is 528 g/mol. The van der Waals surface area contributed by atoms with Gasteiger partial charge in [-0.25, -0.2) is 13.8 Å². The Kier molecular flexibility index (Phi) is 8.96. The number of benzene rings is 3. The van der Waals surface area contributed by atoms with Crippen LogP contribution in [0.25, 0.3) is 0 Å². The normalized spacial score (nSPS) is 11.2. The second kappa shape index (κ2) is 12.1. The van der Waals surface area contributed by atoms with Gasteiger partial charge < -0.3 is 18.9 Å². The third kappa shape index (κ3) is 6.50. The molecule has 0 atom stereocenters. The molecule has 37 heavy (non-hydrogen) atoms. The number of nitrogens with zero attached hydrogens (tertiary/aromatic N) is 2. The van der Waals surface area contributed by atoms with E-state index in [-0.39, 0.29) is 10.6 Å². The number of ether oxygens (including phenoxy) is 4. The Balaban J connectivity index is 1.89. The first-order chi connectivity index (χ1) is 17.7.